The van der Waals surface area contributed by atoms with Crippen molar-refractivity contribution in [2.75, 3.05) is 0 Å². The second kappa shape index (κ2) is 4.20. The van der Waals surface area contributed by atoms with Gasteiger partial charge in [-0.15, -0.1) is 0 Å². The first-order valence-electron chi connectivity index (χ1n) is 3.68. The summed E-state index contributed by atoms with van der Waals surface area (Å²) in [6.45, 7) is 0. The van der Waals surface area contributed by atoms with Crippen LogP contribution in [0, 0.1) is 0 Å². The molecule has 3 N–H and O–H groups in total. The minimum absolute atomic E-state index is 0.130. The smallest absolute Gasteiger partial charge is 0.305 e. The largest absolute Gasteiger partial charge is 0.481 e. The predicted molar refractivity (Wildman–Crippen MR) is 48.4 cm³/mol. The summed E-state index contributed by atoms with van der Waals surface area (Å²) in [4.78, 5) is 14.2. The highest BCUT2D eigenvalue weighted by Gasteiger charge is 2.11. The Morgan fingerprint density at radius 3 is 2.85 bits per heavy atom. The maximum atomic E-state index is 10.3. The van der Waals surface area contributed by atoms with Crippen molar-refractivity contribution in [2.24, 2.45) is 5.73 Å². The molecule has 5 heteroatoms. The average Bonchev–Trinajstić information content (AvgIpc) is 2.04. The maximum Gasteiger partial charge on any atom is 0.305 e. The van der Waals surface area contributed by atoms with E-state index in [0.717, 1.165) is 0 Å². The summed E-state index contributed by atoms with van der Waals surface area (Å²) in [5.74, 6) is -0.941. The fourth-order valence-electron chi connectivity index (χ4n) is 0.899. The molecule has 0 aliphatic heterocycles. The zero-order valence-corrected chi connectivity index (χ0v) is 7.53. The van der Waals surface area contributed by atoms with Crippen LogP contribution in [0.3, 0.4) is 0 Å². The van der Waals surface area contributed by atoms with Gasteiger partial charge in [0.1, 0.15) is 0 Å². The van der Waals surface area contributed by atoms with Crippen LogP contribution in [0.2, 0.25) is 5.02 Å². The van der Waals surface area contributed by atoms with Crippen molar-refractivity contribution in [1.29, 1.82) is 0 Å². The number of aliphatic carboxylic acids is 1. The molecule has 0 aromatic carbocycles. The van der Waals surface area contributed by atoms with Crippen molar-refractivity contribution in [1.82, 2.24) is 4.98 Å². The molecule has 4 nitrogen and oxygen atoms in total. The van der Waals surface area contributed by atoms with Gasteiger partial charge in [0.15, 0.2) is 0 Å². The fraction of sp³-hybridized carbons (Fsp3) is 0.250. The van der Waals surface area contributed by atoms with Gasteiger partial charge in [-0.05, 0) is 12.1 Å². The Balaban J connectivity index is 2.71. The van der Waals surface area contributed by atoms with E-state index in [1.54, 1.807) is 12.1 Å². The highest BCUT2D eigenvalue weighted by atomic mass is 35.5. The summed E-state index contributed by atoms with van der Waals surface area (Å²) in [5.41, 5.74) is 6.09. The van der Waals surface area contributed by atoms with E-state index in [-0.39, 0.29) is 6.42 Å². The van der Waals surface area contributed by atoms with Gasteiger partial charge in [-0.2, -0.15) is 0 Å². The molecule has 1 heterocycles. The molecule has 70 valence electrons. The molecule has 1 atom stereocenters. The Morgan fingerprint density at radius 2 is 2.38 bits per heavy atom. The first-order chi connectivity index (χ1) is 6.09. The summed E-state index contributed by atoms with van der Waals surface area (Å²) in [7, 11) is 0. The lowest BCUT2D eigenvalue weighted by atomic mass is 10.1. The van der Waals surface area contributed by atoms with Crippen LogP contribution in [-0.2, 0) is 4.79 Å². The van der Waals surface area contributed by atoms with Gasteiger partial charge in [0.2, 0.25) is 0 Å². The van der Waals surface area contributed by atoms with Crippen LogP contribution >= 0.6 is 11.6 Å². The second-order valence-corrected chi connectivity index (χ2v) is 3.04. The van der Waals surface area contributed by atoms with Crippen molar-refractivity contribution in [3.05, 3.63) is 29.0 Å². The molecule has 0 aliphatic rings. The lowest BCUT2D eigenvalue weighted by Crippen LogP contribution is -2.16. The molecule has 1 aromatic heterocycles. The zero-order chi connectivity index (χ0) is 9.84. The molecule has 13 heavy (non-hydrogen) atoms. The van der Waals surface area contributed by atoms with Crippen LogP contribution in [0.15, 0.2) is 18.3 Å². The van der Waals surface area contributed by atoms with Crippen LogP contribution in [-0.4, -0.2) is 16.1 Å². The molecule has 0 spiro atoms. The van der Waals surface area contributed by atoms with Gasteiger partial charge in [-0.25, -0.2) is 0 Å². The van der Waals surface area contributed by atoms with Crippen LogP contribution in [0.4, 0.5) is 0 Å². The number of carbonyl (C=O) groups is 1. The van der Waals surface area contributed by atoms with Crippen molar-refractivity contribution >= 4 is 17.6 Å². The van der Waals surface area contributed by atoms with Gasteiger partial charge < -0.3 is 10.8 Å². The van der Waals surface area contributed by atoms with E-state index >= 15 is 0 Å². The average molecular weight is 201 g/mol. The Labute approximate surface area is 80.3 Å². The van der Waals surface area contributed by atoms with E-state index in [2.05, 4.69) is 4.98 Å². The molecular formula is C8H9ClN2O2. The van der Waals surface area contributed by atoms with Crippen molar-refractivity contribution < 1.29 is 9.90 Å². The van der Waals surface area contributed by atoms with Gasteiger partial charge in [0.05, 0.1) is 23.2 Å². The van der Waals surface area contributed by atoms with Gasteiger partial charge in [-0.1, -0.05) is 11.6 Å². The molecule has 0 amide bonds. The normalized spacial score (nSPS) is 12.5. The van der Waals surface area contributed by atoms with Gasteiger partial charge in [-0.3, -0.25) is 9.78 Å². The Bertz CT molecular complexity index is 300. The zero-order valence-electron chi connectivity index (χ0n) is 6.77. The SMILES string of the molecule is N[C@H](CC(=O)O)c1ccc(Cl)cn1. The second-order valence-electron chi connectivity index (χ2n) is 2.61. The van der Waals surface area contributed by atoms with Gasteiger partial charge >= 0.3 is 5.97 Å². The van der Waals surface area contributed by atoms with E-state index in [0.29, 0.717) is 10.7 Å². The molecule has 0 saturated heterocycles. The van der Waals surface area contributed by atoms with Gasteiger partial charge in [0, 0.05) is 6.20 Å². The third kappa shape index (κ3) is 3.01. The van der Waals surface area contributed by atoms with Crippen molar-refractivity contribution in [3.8, 4) is 0 Å². The van der Waals surface area contributed by atoms with E-state index < -0.39 is 12.0 Å². The number of aromatic nitrogens is 1. The first kappa shape index (κ1) is 9.95. The lowest BCUT2D eigenvalue weighted by Gasteiger charge is -2.07. The predicted octanol–water partition coefficient (Wildman–Crippen LogP) is 1.21. The molecule has 1 rings (SSSR count). The Hall–Kier alpha value is -1.13. The minimum Gasteiger partial charge on any atom is -0.481 e. The lowest BCUT2D eigenvalue weighted by molar-refractivity contribution is -0.137. The summed E-state index contributed by atoms with van der Waals surface area (Å²) < 4.78 is 0. The summed E-state index contributed by atoms with van der Waals surface area (Å²) in [6.07, 6.45) is 1.31. The molecule has 0 aliphatic carbocycles. The van der Waals surface area contributed by atoms with Crippen molar-refractivity contribution in [3.63, 3.8) is 0 Å². The first-order valence-corrected chi connectivity index (χ1v) is 4.06. The molecule has 0 unspecified atom stereocenters. The monoisotopic (exact) mass is 200 g/mol. The molecule has 0 radical (unpaired) electrons. The van der Waals surface area contributed by atoms with E-state index in [4.69, 9.17) is 22.4 Å². The summed E-state index contributed by atoms with van der Waals surface area (Å²) in [6, 6.07) is 2.68. The highest BCUT2D eigenvalue weighted by molar-refractivity contribution is 6.30. The molecule has 0 bridgehead atoms. The molecule has 1 aromatic rings. The number of rotatable bonds is 3. The maximum absolute atomic E-state index is 10.3. The number of halogens is 1. The number of carboxylic acid groups (broad SMARTS) is 1. The Kier molecular flexibility index (Phi) is 3.22. The summed E-state index contributed by atoms with van der Waals surface area (Å²) >= 11 is 5.60. The van der Waals surface area contributed by atoms with Crippen LogP contribution in [0.25, 0.3) is 0 Å². The van der Waals surface area contributed by atoms with Crippen LogP contribution in [0.5, 0.6) is 0 Å². The standard InChI is InChI=1S/C8H9ClN2O2/c9-5-1-2-7(11-4-5)6(10)3-8(12)13/h1-2,4,6H,3,10H2,(H,12,13)/t6-/m1/s1. The van der Waals surface area contributed by atoms with Gasteiger partial charge in [0.25, 0.3) is 0 Å². The Morgan fingerprint density at radius 1 is 1.69 bits per heavy atom. The summed E-state index contributed by atoms with van der Waals surface area (Å²) in [5, 5.41) is 8.97. The number of hydrogen-bond acceptors (Lipinski definition) is 3. The number of nitrogens with two attached hydrogens (primary N) is 1. The minimum atomic E-state index is -0.941. The number of nitrogens with zero attached hydrogens (tertiary/aromatic N) is 1. The van der Waals surface area contributed by atoms with E-state index in [1.807, 2.05) is 0 Å². The third-order valence-electron chi connectivity index (χ3n) is 1.52. The number of carboxylic acids is 1. The quantitative estimate of drug-likeness (QED) is 0.769. The highest BCUT2D eigenvalue weighted by Crippen LogP contribution is 2.13. The third-order valence-corrected chi connectivity index (χ3v) is 1.75. The van der Waals surface area contributed by atoms with E-state index in [9.17, 15) is 4.79 Å². The fourth-order valence-corrected chi connectivity index (χ4v) is 1.01. The molecule has 0 saturated carbocycles. The number of hydrogen-bond donors (Lipinski definition) is 2. The van der Waals surface area contributed by atoms with Crippen LogP contribution < -0.4 is 5.73 Å². The number of pyridine rings is 1. The van der Waals surface area contributed by atoms with Crippen LogP contribution in [0.1, 0.15) is 18.2 Å². The molecule has 0 fully saturated rings. The van der Waals surface area contributed by atoms with Crippen molar-refractivity contribution in [2.45, 2.75) is 12.5 Å². The van der Waals surface area contributed by atoms with E-state index in [1.165, 1.54) is 6.20 Å². The topological polar surface area (TPSA) is 76.2 Å². The molecular weight excluding hydrogens is 192 g/mol.